The number of nitrogens with one attached hydrogen (secondary N) is 1. The molecule has 3 rings (SSSR count). The number of carboxylic acid groups (broad SMARTS) is 1. The summed E-state index contributed by atoms with van der Waals surface area (Å²) < 4.78 is 5.43. The average molecular weight is 342 g/mol. The highest BCUT2D eigenvalue weighted by atomic mass is 35.5. The summed E-state index contributed by atoms with van der Waals surface area (Å²) >= 11 is 6.15. The maximum atomic E-state index is 11.6. The minimum absolute atomic E-state index is 0.0662. The number of furan rings is 1. The van der Waals surface area contributed by atoms with Crippen LogP contribution in [0.3, 0.4) is 0 Å². The number of aldehydes is 1. The van der Waals surface area contributed by atoms with Crippen molar-refractivity contribution in [3.63, 3.8) is 0 Å². The number of rotatable bonds is 5. The molecule has 0 spiro atoms. The van der Waals surface area contributed by atoms with E-state index < -0.39 is 5.97 Å². The molecule has 0 bridgehead atoms. The molecule has 0 aliphatic heterocycles. The predicted molar refractivity (Wildman–Crippen MR) is 91.2 cm³/mol. The molecule has 120 valence electrons. The van der Waals surface area contributed by atoms with E-state index >= 15 is 0 Å². The first-order valence-corrected chi connectivity index (χ1v) is 7.41. The lowest BCUT2D eigenvalue weighted by atomic mass is 10.0. The molecule has 6 heteroatoms. The van der Waals surface area contributed by atoms with Crippen LogP contribution in [0.4, 0.5) is 11.4 Å². The first kappa shape index (κ1) is 15.8. The fraction of sp³-hybridized carbons (Fsp3) is 0. The summed E-state index contributed by atoms with van der Waals surface area (Å²) in [5.74, 6) is -0.544. The van der Waals surface area contributed by atoms with E-state index in [0.717, 1.165) is 0 Å². The first-order valence-electron chi connectivity index (χ1n) is 7.03. The first-order chi connectivity index (χ1) is 11.6. The Bertz CT molecular complexity index is 917. The van der Waals surface area contributed by atoms with Gasteiger partial charge >= 0.3 is 5.97 Å². The predicted octanol–water partition coefficient (Wildman–Crippen LogP) is 4.85. The molecule has 0 aliphatic carbocycles. The number of halogens is 1. The second-order valence-electron chi connectivity index (χ2n) is 4.96. The van der Waals surface area contributed by atoms with E-state index in [-0.39, 0.29) is 11.3 Å². The zero-order valence-corrected chi connectivity index (χ0v) is 13.1. The molecule has 0 unspecified atom stereocenters. The van der Waals surface area contributed by atoms with Crippen LogP contribution >= 0.6 is 11.6 Å². The molecule has 0 fully saturated rings. The van der Waals surface area contributed by atoms with Crippen molar-refractivity contribution < 1.29 is 19.1 Å². The summed E-state index contributed by atoms with van der Waals surface area (Å²) in [5.41, 5.74) is 1.49. The van der Waals surface area contributed by atoms with Crippen LogP contribution in [-0.4, -0.2) is 17.4 Å². The van der Waals surface area contributed by atoms with Crippen LogP contribution in [-0.2, 0) is 0 Å². The van der Waals surface area contributed by atoms with Gasteiger partial charge in [0.05, 0.1) is 22.0 Å². The van der Waals surface area contributed by atoms with Crippen molar-refractivity contribution in [1.82, 2.24) is 0 Å². The minimum atomic E-state index is -1.09. The molecule has 0 saturated heterocycles. The molecular formula is C18H12ClNO4. The van der Waals surface area contributed by atoms with E-state index in [0.29, 0.717) is 34.0 Å². The number of hydrogen-bond donors (Lipinski definition) is 2. The molecule has 0 amide bonds. The quantitative estimate of drug-likeness (QED) is 0.648. The number of para-hydroxylation sites is 2. The summed E-state index contributed by atoms with van der Waals surface area (Å²) in [4.78, 5) is 22.4. The highest BCUT2D eigenvalue weighted by Gasteiger charge is 2.18. The maximum absolute atomic E-state index is 11.6. The summed E-state index contributed by atoms with van der Waals surface area (Å²) in [6, 6.07) is 14.9. The van der Waals surface area contributed by atoms with Crippen molar-refractivity contribution in [3.05, 3.63) is 70.9 Å². The van der Waals surface area contributed by atoms with Gasteiger partial charge in [-0.05, 0) is 36.4 Å². The zero-order valence-electron chi connectivity index (χ0n) is 12.3. The van der Waals surface area contributed by atoms with Gasteiger partial charge in [0, 0.05) is 5.56 Å². The standard InChI is InChI=1S/C18H12ClNO4/c19-14-6-1-2-7-15(14)20-17-12(4-3-5-13(17)18(22)23)16-9-8-11(10-21)24-16/h1-10,20H,(H,22,23). The third-order valence-corrected chi connectivity index (χ3v) is 3.77. The van der Waals surface area contributed by atoms with Crippen LogP contribution in [0, 0.1) is 0 Å². The number of carboxylic acids is 1. The van der Waals surface area contributed by atoms with Crippen LogP contribution < -0.4 is 5.32 Å². The lowest BCUT2D eigenvalue weighted by Gasteiger charge is -2.14. The van der Waals surface area contributed by atoms with Gasteiger partial charge < -0.3 is 14.8 Å². The fourth-order valence-corrected chi connectivity index (χ4v) is 2.51. The Labute approximate surface area is 142 Å². The molecule has 0 radical (unpaired) electrons. The Morgan fingerprint density at radius 1 is 1.08 bits per heavy atom. The van der Waals surface area contributed by atoms with Crippen molar-refractivity contribution in [2.75, 3.05) is 5.32 Å². The van der Waals surface area contributed by atoms with Crippen LogP contribution in [0.5, 0.6) is 0 Å². The van der Waals surface area contributed by atoms with Gasteiger partial charge in [-0.2, -0.15) is 0 Å². The largest absolute Gasteiger partial charge is 0.478 e. The Morgan fingerprint density at radius 3 is 2.54 bits per heavy atom. The highest BCUT2D eigenvalue weighted by molar-refractivity contribution is 6.33. The van der Waals surface area contributed by atoms with Crippen LogP contribution in [0.2, 0.25) is 5.02 Å². The lowest BCUT2D eigenvalue weighted by Crippen LogP contribution is -2.04. The number of aromatic carboxylic acids is 1. The third-order valence-electron chi connectivity index (χ3n) is 3.44. The zero-order chi connectivity index (χ0) is 17.1. The smallest absolute Gasteiger partial charge is 0.337 e. The summed E-state index contributed by atoms with van der Waals surface area (Å²) in [6.07, 6.45) is 0.589. The minimum Gasteiger partial charge on any atom is -0.478 e. The second kappa shape index (κ2) is 6.60. The highest BCUT2D eigenvalue weighted by Crippen LogP contribution is 2.36. The summed E-state index contributed by atoms with van der Waals surface area (Å²) in [6.45, 7) is 0. The van der Waals surface area contributed by atoms with Crippen LogP contribution in [0.1, 0.15) is 20.9 Å². The Balaban J connectivity index is 2.15. The van der Waals surface area contributed by atoms with E-state index in [1.807, 2.05) is 0 Å². The Hall–Kier alpha value is -3.05. The molecule has 5 nitrogen and oxygen atoms in total. The molecule has 3 aromatic rings. The van der Waals surface area contributed by atoms with Gasteiger partial charge in [-0.3, -0.25) is 4.79 Å². The van der Waals surface area contributed by atoms with Gasteiger partial charge in [-0.15, -0.1) is 0 Å². The van der Waals surface area contributed by atoms with Gasteiger partial charge in [0.2, 0.25) is 0 Å². The molecule has 24 heavy (non-hydrogen) atoms. The number of anilines is 2. The number of hydrogen-bond acceptors (Lipinski definition) is 4. The summed E-state index contributed by atoms with van der Waals surface area (Å²) in [5, 5.41) is 13.0. The number of carbonyl (C=O) groups excluding carboxylic acids is 1. The van der Waals surface area contributed by atoms with Gasteiger partial charge in [0.1, 0.15) is 5.76 Å². The number of carbonyl (C=O) groups is 2. The fourth-order valence-electron chi connectivity index (χ4n) is 2.33. The Kier molecular flexibility index (Phi) is 4.35. The Morgan fingerprint density at radius 2 is 1.88 bits per heavy atom. The lowest BCUT2D eigenvalue weighted by molar-refractivity contribution is 0.0698. The molecular weight excluding hydrogens is 330 g/mol. The van der Waals surface area contributed by atoms with E-state index in [1.54, 1.807) is 42.5 Å². The molecule has 0 atom stereocenters. The molecule has 0 aliphatic rings. The maximum Gasteiger partial charge on any atom is 0.337 e. The number of benzene rings is 2. The molecule has 2 N–H and O–H groups in total. The van der Waals surface area contributed by atoms with Crippen molar-refractivity contribution in [2.24, 2.45) is 0 Å². The van der Waals surface area contributed by atoms with Crippen LogP contribution in [0.25, 0.3) is 11.3 Å². The van der Waals surface area contributed by atoms with Gasteiger partial charge in [-0.1, -0.05) is 29.8 Å². The monoisotopic (exact) mass is 341 g/mol. The van der Waals surface area contributed by atoms with Gasteiger partial charge in [-0.25, -0.2) is 4.79 Å². The normalized spacial score (nSPS) is 10.4. The van der Waals surface area contributed by atoms with Crippen molar-refractivity contribution >= 4 is 35.2 Å². The summed E-state index contributed by atoms with van der Waals surface area (Å²) in [7, 11) is 0. The van der Waals surface area contributed by atoms with Crippen molar-refractivity contribution in [3.8, 4) is 11.3 Å². The van der Waals surface area contributed by atoms with Gasteiger partial charge in [0.25, 0.3) is 0 Å². The second-order valence-corrected chi connectivity index (χ2v) is 5.37. The van der Waals surface area contributed by atoms with Crippen molar-refractivity contribution in [2.45, 2.75) is 0 Å². The van der Waals surface area contributed by atoms with Gasteiger partial charge in [0.15, 0.2) is 12.0 Å². The average Bonchev–Trinajstić information content (AvgIpc) is 3.06. The van der Waals surface area contributed by atoms with E-state index in [4.69, 9.17) is 16.0 Å². The SMILES string of the molecule is O=Cc1ccc(-c2cccc(C(=O)O)c2Nc2ccccc2Cl)o1. The van der Waals surface area contributed by atoms with E-state index in [2.05, 4.69) is 5.32 Å². The molecule has 1 heterocycles. The topological polar surface area (TPSA) is 79.5 Å². The van der Waals surface area contributed by atoms with Crippen molar-refractivity contribution in [1.29, 1.82) is 0 Å². The van der Waals surface area contributed by atoms with E-state index in [1.165, 1.54) is 12.1 Å². The molecule has 1 aromatic heterocycles. The molecule has 2 aromatic carbocycles. The molecule has 0 saturated carbocycles. The third kappa shape index (κ3) is 3.02. The van der Waals surface area contributed by atoms with E-state index in [9.17, 15) is 14.7 Å². The van der Waals surface area contributed by atoms with Crippen LogP contribution in [0.15, 0.2) is 59.0 Å².